The number of aromatic nitrogens is 2. The highest BCUT2D eigenvalue weighted by atomic mass is 35.5. The standard InChI is InChI=1S/C24H20ClN3O2/c25-21-6-2-7-23(15-21)30-17-19-4-1-5-20(14-19)24(29)27-22-10-8-18(9-11-22)16-28-13-3-12-26-28/h1-15H,16-17H2,(H,27,29). The molecule has 1 N–H and O–H groups in total. The molecule has 0 aliphatic carbocycles. The molecule has 0 aliphatic heterocycles. The number of hydrogen-bond acceptors (Lipinski definition) is 3. The summed E-state index contributed by atoms with van der Waals surface area (Å²) in [4.78, 5) is 12.6. The summed E-state index contributed by atoms with van der Waals surface area (Å²) in [5.74, 6) is 0.520. The van der Waals surface area contributed by atoms with Gasteiger partial charge in [0, 0.05) is 28.7 Å². The van der Waals surface area contributed by atoms with Crippen molar-refractivity contribution in [2.24, 2.45) is 0 Å². The third-order valence-electron chi connectivity index (χ3n) is 4.51. The number of amides is 1. The Bertz CT molecular complexity index is 1130. The highest BCUT2D eigenvalue weighted by Crippen LogP contribution is 2.19. The van der Waals surface area contributed by atoms with E-state index < -0.39 is 0 Å². The molecule has 6 heteroatoms. The zero-order valence-corrected chi connectivity index (χ0v) is 16.9. The molecule has 1 heterocycles. The lowest BCUT2D eigenvalue weighted by molar-refractivity contribution is 0.102. The Morgan fingerprint density at radius 2 is 1.80 bits per heavy atom. The van der Waals surface area contributed by atoms with E-state index in [-0.39, 0.29) is 5.91 Å². The summed E-state index contributed by atoms with van der Waals surface area (Å²) in [5.41, 5.74) is 3.32. The Balaban J connectivity index is 1.36. The Morgan fingerprint density at radius 1 is 0.967 bits per heavy atom. The van der Waals surface area contributed by atoms with Crippen LogP contribution in [0.25, 0.3) is 0 Å². The molecule has 150 valence electrons. The molecule has 4 aromatic rings. The molecule has 0 aliphatic rings. The quantitative estimate of drug-likeness (QED) is 0.437. The number of nitrogens with one attached hydrogen (secondary N) is 1. The maximum atomic E-state index is 12.6. The number of benzene rings is 3. The molecule has 0 atom stereocenters. The third kappa shape index (κ3) is 5.27. The first kappa shape index (κ1) is 19.7. The van der Waals surface area contributed by atoms with Crippen LogP contribution >= 0.6 is 11.6 Å². The normalized spacial score (nSPS) is 10.6. The fraction of sp³-hybridized carbons (Fsp3) is 0.0833. The summed E-state index contributed by atoms with van der Waals surface area (Å²) in [6.45, 7) is 1.04. The van der Waals surface area contributed by atoms with Crippen molar-refractivity contribution in [3.8, 4) is 5.75 Å². The van der Waals surface area contributed by atoms with E-state index in [1.807, 2.05) is 71.5 Å². The molecule has 1 amide bonds. The van der Waals surface area contributed by atoms with Gasteiger partial charge in [-0.25, -0.2) is 0 Å². The minimum Gasteiger partial charge on any atom is -0.489 e. The van der Waals surface area contributed by atoms with Crippen molar-refractivity contribution in [3.05, 3.63) is 113 Å². The maximum Gasteiger partial charge on any atom is 0.255 e. The van der Waals surface area contributed by atoms with E-state index in [4.69, 9.17) is 16.3 Å². The molecule has 30 heavy (non-hydrogen) atoms. The average molecular weight is 418 g/mol. The van der Waals surface area contributed by atoms with Crippen LogP contribution in [-0.4, -0.2) is 15.7 Å². The van der Waals surface area contributed by atoms with Crippen molar-refractivity contribution in [1.29, 1.82) is 0 Å². The Hall–Kier alpha value is -3.57. The molecule has 4 rings (SSSR count). The average Bonchev–Trinajstić information content (AvgIpc) is 3.27. The van der Waals surface area contributed by atoms with Crippen LogP contribution in [0.2, 0.25) is 5.02 Å². The smallest absolute Gasteiger partial charge is 0.255 e. The van der Waals surface area contributed by atoms with Crippen LogP contribution < -0.4 is 10.1 Å². The summed E-state index contributed by atoms with van der Waals surface area (Å²) >= 11 is 5.98. The molecule has 0 spiro atoms. The maximum absolute atomic E-state index is 12.6. The zero-order chi connectivity index (χ0) is 20.8. The molecule has 0 radical (unpaired) electrons. The van der Waals surface area contributed by atoms with Crippen LogP contribution in [0, 0.1) is 0 Å². The van der Waals surface area contributed by atoms with Crippen molar-refractivity contribution in [2.45, 2.75) is 13.2 Å². The lowest BCUT2D eigenvalue weighted by Crippen LogP contribution is -2.12. The SMILES string of the molecule is O=C(Nc1ccc(Cn2cccn2)cc1)c1cccc(COc2cccc(Cl)c2)c1. The van der Waals surface area contributed by atoms with E-state index in [0.717, 1.165) is 16.8 Å². The van der Waals surface area contributed by atoms with Gasteiger partial charge in [-0.3, -0.25) is 9.48 Å². The molecule has 3 aromatic carbocycles. The number of ether oxygens (including phenoxy) is 1. The molecule has 0 bridgehead atoms. The van der Waals surface area contributed by atoms with Crippen molar-refractivity contribution in [2.75, 3.05) is 5.32 Å². The van der Waals surface area contributed by atoms with Crippen molar-refractivity contribution in [3.63, 3.8) is 0 Å². The number of hydrogen-bond donors (Lipinski definition) is 1. The summed E-state index contributed by atoms with van der Waals surface area (Å²) in [6, 6.07) is 24.2. The van der Waals surface area contributed by atoms with Crippen LogP contribution in [-0.2, 0) is 13.2 Å². The van der Waals surface area contributed by atoms with Gasteiger partial charge in [-0.05, 0) is 59.7 Å². The highest BCUT2D eigenvalue weighted by molar-refractivity contribution is 6.30. The van der Waals surface area contributed by atoms with Gasteiger partial charge in [-0.1, -0.05) is 41.9 Å². The third-order valence-corrected chi connectivity index (χ3v) is 4.74. The van der Waals surface area contributed by atoms with Crippen LogP contribution in [0.5, 0.6) is 5.75 Å². The lowest BCUT2D eigenvalue weighted by atomic mass is 10.1. The van der Waals surface area contributed by atoms with Gasteiger partial charge in [0.1, 0.15) is 12.4 Å². The number of rotatable bonds is 7. The molecule has 0 fully saturated rings. The van der Waals surface area contributed by atoms with Gasteiger partial charge in [0.15, 0.2) is 0 Å². The van der Waals surface area contributed by atoms with Gasteiger partial charge in [0.25, 0.3) is 5.91 Å². The molecule has 1 aromatic heterocycles. The van der Waals surface area contributed by atoms with E-state index in [1.165, 1.54) is 0 Å². The minimum absolute atomic E-state index is 0.167. The first-order chi connectivity index (χ1) is 14.7. The Morgan fingerprint density at radius 3 is 2.57 bits per heavy atom. The van der Waals surface area contributed by atoms with Gasteiger partial charge in [-0.15, -0.1) is 0 Å². The van der Waals surface area contributed by atoms with E-state index in [2.05, 4.69) is 10.4 Å². The lowest BCUT2D eigenvalue weighted by Gasteiger charge is -2.10. The molecule has 0 saturated heterocycles. The largest absolute Gasteiger partial charge is 0.489 e. The zero-order valence-electron chi connectivity index (χ0n) is 16.2. The van der Waals surface area contributed by atoms with Crippen LogP contribution in [0.3, 0.4) is 0 Å². The Labute approximate surface area is 179 Å². The topological polar surface area (TPSA) is 56.2 Å². The Kier molecular flexibility index (Phi) is 6.11. The van der Waals surface area contributed by atoms with Crippen molar-refractivity contribution < 1.29 is 9.53 Å². The van der Waals surface area contributed by atoms with Crippen LogP contribution in [0.4, 0.5) is 5.69 Å². The summed E-state index contributed by atoms with van der Waals surface area (Å²) in [6.07, 6.45) is 3.67. The van der Waals surface area contributed by atoms with Gasteiger partial charge in [0.2, 0.25) is 0 Å². The second kappa shape index (κ2) is 9.29. The number of anilines is 1. The van der Waals surface area contributed by atoms with E-state index in [9.17, 15) is 4.79 Å². The minimum atomic E-state index is -0.167. The van der Waals surface area contributed by atoms with Gasteiger partial charge < -0.3 is 10.1 Å². The van der Waals surface area contributed by atoms with Gasteiger partial charge in [0.05, 0.1) is 6.54 Å². The van der Waals surface area contributed by atoms with Crippen molar-refractivity contribution >= 4 is 23.2 Å². The highest BCUT2D eigenvalue weighted by Gasteiger charge is 2.08. The van der Waals surface area contributed by atoms with Gasteiger partial charge >= 0.3 is 0 Å². The molecule has 5 nitrogen and oxygen atoms in total. The summed E-state index contributed by atoms with van der Waals surface area (Å²) < 4.78 is 7.61. The fourth-order valence-corrected chi connectivity index (χ4v) is 3.18. The first-order valence-electron chi connectivity index (χ1n) is 9.51. The van der Waals surface area contributed by atoms with E-state index >= 15 is 0 Å². The predicted molar refractivity (Wildman–Crippen MR) is 118 cm³/mol. The number of halogens is 1. The number of nitrogens with zero attached hydrogens (tertiary/aromatic N) is 2. The first-order valence-corrected chi connectivity index (χ1v) is 9.88. The van der Waals surface area contributed by atoms with E-state index in [1.54, 1.807) is 24.4 Å². The van der Waals surface area contributed by atoms with Gasteiger partial charge in [-0.2, -0.15) is 5.10 Å². The molecular formula is C24H20ClN3O2. The summed E-state index contributed by atoms with van der Waals surface area (Å²) in [5, 5.41) is 7.75. The molecule has 0 saturated carbocycles. The van der Waals surface area contributed by atoms with Crippen LogP contribution in [0.1, 0.15) is 21.5 Å². The molecular weight excluding hydrogens is 398 g/mol. The number of carbonyl (C=O) groups is 1. The number of carbonyl (C=O) groups excluding carboxylic acids is 1. The summed E-state index contributed by atoms with van der Waals surface area (Å²) in [7, 11) is 0. The van der Waals surface area contributed by atoms with Crippen LogP contribution in [0.15, 0.2) is 91.3 Å². The van der Waals surface area contributed by atoms with Crippen molar-refractivity contribution in [1.82, 2.24) is 9.78 Å². The second-order valence-electron chi connectivity index (χ2n) is 6.80. The van der Waals surface area contributed by atoms with E-state index in [0.29, 0.717) is 29.5 Å². The second-order valence-corrected chi connectivity index (χ2v) is 7.24. The molecule has 0 unspecified atom stereocenters. The monoisotopic (exact) mass is 417 g/mol. The predicted octanol–water partition coefficient (Wildman–Crippen LogP) is 5.42. The fourth-order valence-electron chi connectivity index (χ4n) is 3.00.